The van der Waals surface area contributed by atoms with E-state index in [0.29, 0.717) is 11.8 Å². The molecule has 0 radical (unpaired) electrons. The van der Waals surface area contributed by atoms with Crippen LogP contribution < -0.4 is 15.2 Å². The second-order valence-electron chi connectivity index (χ2n) is 3.93. The van der Waals surface area contributed by atoms with E-state index in [4.69, 9.17) is 5.14 Å². The third-order valence-corrected chi connectivity index (χ3v) is 3.70. The van der Waals surface area contributed by atoms with Gasteiger partial charge in [-0.1, -0.05) is 0 Å². The van der Waals surface area contributed by atoms with Gasteiger partial charge in [0.05, 0.1) is 0 Å². The van der Waals surface area contributed by atoms with Gasteiger partial charge in [0.25, 0.3) is 10.2 Å². The number of hydrogen-bond acceptors (Lipinski definition) is 3. The average Bonchev–Trinajstić information content (AvgIpc) is 2.50. The van der Waals surface area contributed by atoms with Crippen LogP contribution in [0.25, 0.3) is 0 Å². The van der Waals surface area contributed by atoms with Crippen LogP contribution in [0, 0.1) is 11.8 Å². The lowest BCUT2D eigenvalue weighted by Crippen LogP contribution is -2.42. The van der Waals surface area contributed by atoms with Gasteiger partial charge in [-0.25, -0.2) is 5.14 Å². The molecule has 0 aromatic rings. The van der Waals surface area contributed by atoms with E-state index in [1.807, 2.05) is 0 Å². The van der Waals surface area contributed by atoms with Gasteiger partial charge >= 0.3 is 0 Å². The third-order valence-electron chi connectivity index (χ3n) is 3.07. The van der Waals surface area contributed by atoms with Gasteiger partial charge in [0.1, 0.15) is 0 Å². The van der Waals surface area contributed by atoms with E-state index in [0.717, 1.165) is 25.9 Å². The van der Waals surface area contributed by atoms with Crippen molar-refractivity contribution in [1.29, 1.82) is 0 Å². The van der Waals surface area contributed by atoms with Crippen molar-refractivity contribution in [2.24, 2.45) is 17.0 Å². The maximum absolute atomic E-state index is 10.8. The minimum absolute atomic E-state index is 0.0509. The highest BCUT2D eigenvalue weighted by Crippen LogP contribution is 2.34. The summed E-state index contributed by atoms with van der Waals surface area (Å²) >= 11 is 0. The fraction of sp³-hybridized carbons (Fsp3) is 1.00. The molecule has 0 aromatic carbocycles. The summed E-state index contributed by atoms with van der Waals surface area (Å²) in [5.74, 6) is 1.08. The standard InChI is InChI=1S/C7H15N3O2S/c8-13(11,12)10-7-2-1-5-3-9-4-6(5)7/h5-7,9-10H,1-4H2,(H2,8,11,12). The first kappa shape index (κ1) is 9.39. The number of nitrogens with two attached hydrogens (primary N) is 1. The van der Waals surface area contributed by atoms with Gasteiger partial charge in [0.15, 0.2) is 0 Å². The van der Waals surface area contributed by atoms with E-state index in [1.165, 1.54) is 0 Å². The Labute approximate surface area is 78.3 Å². The topological polar surface area (TPSA) is 84.2 Å². The molecule has 0 aromatic heterocycles. The summed E-state index contributed by atoms with van der Waals surface area (Å²) in [6.07, 6.45) is 2.03. The van der Waals surface area contributed by atoms with Crippen molar-refractivity contribution in [3.05, 3.63) is 0 Å². The molecule has 1 saturated carbocycles. The van der Waals surface area contributed by atoms with Gasteiger partial charge in [0, 0.05) is 6.04 Å². The van der Waals surface area contributed by atoms with Crippen LogP contribution in [0.3, 0.4) is 0 Å². The highest BCUT2D eigenvalue weighted by Gasteiger charge is 2.40. The van der Waals surface area contributed by atoms with Crippen LogP contribution in [0.5, 0.6) is 0 Å². The number of nitrogens with one attached hydrogen (secondary N) is 2. The second-order valence-corrected chi connectivity index (χ2v) is 5.25. The van der Waals surface area contributed by atoms with Crippen molar-refractivity contribution in [3.8, 4) is 0 Å². The Hall–Kier alpha value is -0.170. The highest BCUT2D eigenvalue weighted by atomic mass is 32.2. The van der Waals surface area contributed by atoms with E-state index in [9.17, 15) is 8.42 Å². The molecular weight excluding hydrogens is 190 g/mol. The Kier molecular flexibility index (Phi) is 2.31. The first-order valence-corrected chi connectivity index (χ1v) is 6.11. The summed E-state index contributed by atoms with van der Waals surface area (Å²) in [6, 6.07) is 0.0509. The number of rotatable bonds is 2. The summed E-state index contributed by atoms with van der Waals surface area (Å²) in [7, 11) is -3.52. The van der Waals surface area contributed by atoms with Crippen molar-refractivity contribution >= 4 is 10.2 Å². The van der Waals surface area contributed by atoms with Crippen LogP contribution in [0.15, 0.2) is 0 Å². The van der Waals surface area contributed by atoms with Crippen LogP contribution >= 0.6 is 0 Å². The van der Waals surface area contributed by atoms with Gasteiger partial charge in [-0.15, -0.1) is 0 Å². The van der Waals surface area contributed by atoms with Crippen molar-refractivity contribution in [1.82, 2.24) is 10.0 Å². The predicted octanol–water partition coefficient (Wildman–Crippen LogP) is -1.22. The van der Waals surface area contributed by atoms with Gasteiger partial charge in [0.2, 0.25) is 0 Å². The lowest BCUT2D eigenvalue weighted by Gasteiger charge is -2.17. The van der Waals surface area contributed by atoms with Gasteiger partial charge in [-0.3, -0.25) is 0 Å². The number of hydrogen-bond donors (Lipinski definition) is 3. The molecule has 1 aliphatic heterocycles. The van der Waals surface area contributed by atoms with E-state index in [1.54, 1.807) is 0 Å². The zero-order valence-corrected chi connectivity index (χ0v) is 8.18. The molecule has 4 N–H and O–H groups in total. The molecule has 3 unspecified atom stereocenters. The Balaban J connectivity index is 2.01. The van der Waals surface area contributed by atoms with Gasteiger partial charge < -0.3 is 5.32 Å². The normalized spacial score (nSPS) is 39.3. The summed E-state index contributed by atoms with van der Waals surface area (Å²) in [6.45, 7) is 1.94. The molecule has 2 fully saturated rings. The predicted molar refractivity (Wildman–Crippen MR) is 49.1 cm³/mol. The Morgan fingerprint density at radius 3 is 2.77 bits per heavy atom. The van der Waals surface area contributed by atoms with Crippen LogP contribution in [0.2, 0.25) is 0 Å². The SMILES string of the molecule is NS(=O)(=O)NC1CCC2CNCC21. The molecule has 1 heterocycles. The van der Waals surface area contributed by atoms with Crippen LogP contribution in [0.4, 0.5) is 0 Å². The summed E-state index contributed by atoms with van der Waals surface area (Å²) in [5.41, 5.74) is 0. The summed E-state index contributed by atoms with van der Waals surface area (Å²) in [4.78, 5) is 0. The zero-order chi connectivity index (χ0) is 9.47. The molecule has 13 heavy (non-hydrogen) atoms. The number of fused-ring (bicyclic) bond motifs is 1. The summed E-state index contributed by atoms with van der Waals surface area (Å²) in [5, 5.41) is 8.20. The quantitative estimate of drug-likeness (QED) is 0.528. The fourth-order valence-corrected chi connectivity index (χ4v) is 3.22. The molecule has 2 rings (SSSR count). The molecule has 6 heteroatoms. The van der Waals surface area contributed by atoms with Crippen molar-refractivity contribution in [2.75, 3.05) is 13.1 Å². The maximum atomic E-state index is 10.8. The van der Waals surface area contributed by atoms with Crippen LogP contribution in [-0.2, 0) is 10.2 Å². The molecule has 0 spiro atoms. The van der Waals surface area contributed by atoms with E-state index < -0.39 is 10.2 Å². The Morgan fingerprint density at radius 2 is 2.08 bits per heavy atom. The molecule has 1 aliphatic carbocycles. The smallest absolute Gasteiger partial charge is 0.274 e. The first-order valence-electron chi connectivity index (χ1n) is 4.57. The average molecular weight is 205 g/mol. The van der Waals surface area contributed by atoms with E-state index >= 15 is 0 Å². The van der Waals surface area contributed by atoms with Crippen LogP contribution in [-0.4, -0.2) is 27.5 Å². The highest BCUT2D eigenvalue weighted by molar-refractivity contribution is 7.87. The fourth-order valence-electron chi connectivity index (χ4n) is 2.51. The molecule has 76 valence electrons. The Morgan fingerprint density at radius 1 is 1.31 bits per heavy atom. The molecule has 2 aliphatic rings. The minimum atomic E-state index is -3.52. The first-order chi connectivity index (χ1) is 6.06. The van der Waals surface area contributed by atoms with Crippen molar-refractivity contribution in [3.63, 3.8) is 0 Å². The lowest BCUT2D eigenvalue weighted by molar-refractivity contribution is 0.427. The van der Waals surface area contributed by atoms with Gasteiger partial charge in [-0.05, 0) is 37.8 Å². The Bertz CT molecular complexity index is 290. The molecule has 3 atom stereocenters. The minimum Gasteiger partial charge on any atom is -0.316 e. The van der Waals surface area contributed by atoms with Crippen molar-refractivity contribution < 1.29 is 8.42 Å². The molecule has 1 saturated heterocycles. The van der Waals surface area contributed by atoms with Crippen LogP contribution in [0.1, 0.15) is 12.8 Å². The van der Waals surface area contributed by atoms with E-state index in [2.05, 4.69) is 10.0 Å². The lowest BCUT2D eigenvalue weighted by atomic mass is 9.98. The molecule has 5 nitrogen and oxygen atoms in total. The zero-order valence-electron chi connectivity index (χ0n) is 7.36. The van der Waals surface area contributed by atoms with E-state index in [-0.39, 0.29) is 6.04 Å². The van der Waals surface area contributed by atoms with Gasteiger partial charge in [-0.2, -0.15) is 13.1 Å². The largest absolute Gasteiger partial charge is 0.316 e. The maximum Gasteiger partial charge on any atom is 0.274 e. The monoisotopic (exact) mass is 205 g/mol. The molecular formula is C7H15N3O2S. The van der Waals surface area contributed by atoms with Crippen molar-refractivity contribution in [2.45, 2.75) is 18.9 Å². The molecule has 0 bridgehead atoms. The summed E-state index contributed by atoms with van der Waals surface area (Å²) < 4.78 is 24.1. The third kappa shape index (κ3) is 2.01. The molecule has 0 amide bonds. The second kappa shape index (κ2) is 3.20.